The minimum absolute atomic E-state index is 0.186. The third-order valence-corrected chi connectivity index (χ3v) is 8.15. The number of ether oxygens (including phenoxy) is 1. The molecule has 4 aromatic rings. The first-order valence-corrected chi connectivity index (χ1v) is 12.7. The standard InChI is InChI=1S/C26H23N3O3S2/c1-15(16-8-12-19(13-9-16)26(31)32-2)28-23(30)21-22(18-10-11-18)34-25(29-21)24-27-14-20(33-24)17-6-4-3-5-7-17/h3-9,12-15,18H,10-11H2,1-2H3,(H,28,30)/t15-/m0/s1. The van der Waals surface area contributed by atoms with E-state index in [0.29, 0.717) is 17.2 Å². The van der Waals surface area contributed by atoms with E-state index in [9.17, 15) is 9.59 Å². The first-order valence-electron chi connectivity index (χ1n) is 11.0. The summed E-state index contributed by atoms with van der Waals surface area (Å²) in [5, 5.41) is 4.68. The smallest absolute Gasteiger partial charge is 0.337 e. The number of thiazole rings is 2. The van der Waals surface area contributed by atoms with Crippen LogP contribution in [0.1, 0.15) is 63.0 Å². The normalized spacial score (nSPS) is 13.9. The molecule has 1 saturated carbocycles. The van der Waals surface area contributed by atoms with Gasteiger partial charge in [-0.1, -0.05) is 42.5 Å². The Morgan fingerprint density at radius 1 is 1.03 bits per heavy atom. The van der Waals surface area contributed by atoms with Gasteiger partial charge in [0.25, 0.3) is 5.91 Å². The number of esters is 1. The van der Waals surface area contributed by atoms with E-state index in [1.54, 1.807) is 34.8 Å². The maximum atomic E-state index is 13.2. The van der Waals surface area contributed by atoms with Crippen LogP contribution in [0, 0.1) is 0 Å². The van der Waals surface area contributed by atoms with Gasteiger partial charge in [-0.15, -0.1) is 22.7 Å². The van der Waals surface area contributed by atoms with Crippen LogP contribution in [0.2, 0.25) is 0 Å². The summed E-state index contributed by atoms with van der Waals surface area (Å²) >= 11 is 3.16. The Morgan fingerprint density at radius 2 is 1.76 bits per heavy atom. The van der Waals surface area contributed by atoms with Crippen molar-refractivity contribution in [1.29, 1.82) is 0 Å². The van der Waals surface area contributed by atoms with Crippen LogP contribution < -0.4 is 5.32 Å². The third-order valence-electron chi connectivity index (χ3n) is 5.74. The summed E-state index contributed by atoms with van der Waals surface area (Å²) in [5.41, 5.74) is 2.99. The van der Waals surface area contributed by atoms with Crippen LogP contribution >= 0.6 is 22.7 Å². The number of benzene rings is 2. The van der Waals surface area contributed by atoms with Gasteiger partial charge >= 0.3 is 5.97 Å². The van der Waals surface area contributed by atoms with E-state index < -0.39 is 0 Å². The molecular formula is C26H23N3O3S2. The molecule has 0 aliphatic heterocycles. The molecule has 0 saturated heterocycles. The van der Waals surface area contributed by atoms with Crippen LogP contribution in [-0.2, 0) is 4.74 Å². The minimum atomic E-state index is -0.384. The second kappa shape index (κ2) is 9.48. The van der Waals surface area contributed by atoms with Crippen molar-refractivity contribution in [3.63, 3.8) is 0 Å². The summed E-state index contributed by atoms with van der Waals surface area (Å²) in [4.78, 5) is 36.3. The van der Waals surface area contributed by atoms with Gasteiger partial charge < -0.3 is 10.1 Å². The monoisotopic (exact) mass is 489 g/mol. The predicted octanol–water partition coefficient (Wildman–Crippen LogP) is 6.09. The van der Waals surface area contributed by atoms with Crippen molar-refractivity contribution < 1.29 is 14.3 Å². The summed E-state index contributed by atoms with van der Waals surface area (Å²) < 4.78 is 4.75. The van der Waals surface area contributed by atoms with Gasteiger partial charge in [0.15, 0.2) is 10.0 Å². The van der Waals surface area contributed by atoms with E-state index in [1.165, 1.54) is 7.11 Å². The Balaban J connectivity index is 1.36. The van der Waals surface area contributed by atoms with Gasteiger partial charge in [-0.05, 0) is 48.9 Å². The molecule has 1 aliphatic rings. The van der Waals surface area contributed by atoms with E-state index in [4.69, 9.17) is 9.72 Å². The van der Waals surface area contributed by atoms with Crippen molar-refractivity contribution in [3.05, 3.63) is 82.5 Å². The zero-order valence-electron chi connectivity index (χ0n) is 18.8. The molecule has 1 amide bonds. The van der Waals surface area contributed by atoms with Crippen LogP contribution in [0.5, 0.6) is 0 Å². The number of nitrogens with one attached hydrogen (secondary N) is 1. The highest BCUT2D eigenvalue weighted by Gasteiger charge is 2.33. The zero-order valence-corrected chi connectivity index (χ0v) is 20.4. The third kappa shape index (κ3) is 4.64. The first kappa shape index (κ1) is 22.4. The topological polar surface area (TPSA) is 81.2 Å². The number of hydrogen-bond donors (Lipinski definition) is 1. The van der Waals surface area contributed by atoms with Crippen LogP contribution in [0.4, 0.5) is 0 Å². The molecule has 0 radical (unpaired) electrons. The molecular weight excluding hydrogens is 466 g/mol. The fraction of sp³-hybridized carbons (Fsp3) is 0.231. The molecule has 2 aromatic heterocycles. The lowest BCUT2D eigenvalue weighted by molar-refractivity contribution is 0.0600. The Bertz CT molecular complexity index is 1330. The van der Waals surface area contributed by atoms with Crippen LogP contribution in [0.15, 0.2) is 60.8 Å². The molecule has 0 unspecified atom stereocenters. The van der Waals surface area contributed by atoms with Gasteiger partial charge in [-0.2, -0.15) is 0 Å². The number of carbonyl (C=O) groups excluding carboxylic acids is 2. The molecule has 6 nitrogen and oxygen atoms in total. The van der Waals surface area contributed by atoms with E-state index in [-0.39, 0.29) is 17.9 Å². The van der Waals surface area contributed by atoms with E-state index in [0.717, 1.165) is 43.7 Å². The highest BCUT2D eigenvalue weighted by molar-refractivity contribution is 7.23. The SMILES string of the molecule is COC(=O)c1ccc([C@H](C)NC(=O)c2nc(-c3ncc(-c4ccccc4)s3)sc2C2CC2)cc1. The fourth-order valence-corrected chi connectivity index (χ4v) is 5.87. The number of methoxy groups -OCH3 is 1. The molecule has 2 aromatic carbocycles. The summed E-state index contributed by atoms with van der Waals surface area (Å²) in [6, 6.07) is 17.0. The average molecular weight is 490 g/mol. The molecule has 2 heterocycles. The Hall–Kier alpha value is -3.36. The maximum absolute atomic E-state index is 13.2. The molecule has 1 fully saturated rings. The van der Waals surface area contributed by atoms with Crippen LogP contribution in [0.25, 0.3) is 20.5 Å². The van der Waals surface area contributed by atoms with E-state index in [1.807, 2.05) is 43.5 Å². The van der Waals surface area contributed by atoms with E-state index in [2.05, 4.69) is 22.4 Å². The number of hydrogen-bond acceptors (Lipinski definition) is 7. The summed E-state index contributed by atoms with van der Waals surface area (Å²) in [6.45, 7) is 1.92. The molecule has 0 spiro atoms. The van der Waals surface area contributed by atoms with Crippen molar-refractivity contribution in [1.82, 2.24) is 15.3 Å². The van der Waals surface area contributed by atoms with Gasteiger partial charge in [-0.25, -0.2) is 14.8 Å². The van der Waals surface area contributed by atoms with Gasteiger partial charge in [0.1, 0.15) is 5.69 Å². The lowest BCUT2D eigenvalue weighted by Crippen LogP contribution is -2.27. The highest BCUT2D eigenvalue weighted by Crippen LogP contribution is 2.47. The second-order valence-electron chi connectivity index (χ2n) is 8.21. The summed E-state index contributed by atoms with van der Waals surface area (Å²) in [6.07, 6.45) is 4.03. The number of amides is 1. The fourth-order valence-electron chi connectivity index (χ4n) is 3.69. The molecule has 1 atom stereocenters. The molecule has 8 heteroatoms. The van der Waals surface area contributed by atoms with Gasteiger partial charge in [0.05, 0.1) is 23.6 Å². The summed E-state index contributed by atoms with van der Waals surface area (Å²) in [7, 11) is 1.35. The largest absolute Gasteiger partial charge is 0.465 e. The van der Waals surface area contributed by atoms with Crippen molar-refractivity contribution >= 4 is 34.6 Å². The number of nitrogens with zero attached hydrogens (tertiary/aromatic N) is 2. The number of aromatic nitrogens is 2. The van der Waals surface area contributed by atoms with Crippen molar-refractivity contribution in [3.8, 4) is 20.5 Å². The molecule has 0 bridgehead atoms. The van der Waals surface area contributed by atoms with Crippen molar-refractivity contribution in [2.24, 2.45) is 0 Å². The van der Waals surface area contributed by atoms with E-state index >= 15 is 0 Å². The Labute approximate surface area is 205 Å². The average Bonchev–Trinajstić information content (AvgIpc) is 3.42. The van der Waals surface area contributed by atoms with Gasteiger partial charge in [0.2, 0.25) is 0 Å². The molecule has 1 aliphatic carbocycles. The molecule has 34 heavy (non-hydrogen) atoms. The highest BCUT2D eigenvalue weighted by atomic mass is 32.1. The zero-order chi connectivity index (χ0) is 23.7. The second-order valence-corrected chi connectivity index (χ2v) is 10.3. The first-order chi connectivity index (χ1) is 16.5. The molecule has 172 valence electrons. The van der Waals surface area contributed by atoms with Crippen molar-refractivity contribution in [2.75, 3.05) is 7.11 Å². The van der Waals surface area contributed by atoms with Gasteiger partial charge in [-0.3, -0.25) is 4.79 Å². The Kier molecular flexibility index (Phi) is 6.26. The molecule has 1 N–H and O–H groups in total. The number of carbonyl (C=O) groups is 2. The predicted molar refractivity (Wildman–Crippen MR) is 134 cm³/mol. The lowest BCUT2D eigenvalue weighted by Gasteiger charge is -2.14. The van der Waals surface area contributed by atoms with Crippen LogP contribution in [-0.4, -0.2) is 29.0 Å². The van der Waals surface area contributed by atoms with Crippen molar-refractivity contribution in [2.45, 2.75) is 31.7 Å². The number of rotatable bonds is 7. The quantitative estimate of drug-likeness (QED) is 0.318. The van der Waals surface area contributed by atoms with Gasteiger partial charge in [0, 0.05) is 11.1 Å². The molecule has 5 rings (SSSR count). The Morgan fingerprint density at radius 3 is 2.44 bits per heavy atom. The maximum Gasteiger partial charge on any atom is 0.337 e. The minimum Gasteiger partial charge on any atom is -0.465 e. The summed E-state index contributed by atoms with van der Waals surface area (Å²) in [5.74, 6) is -0.172. The lowest BCUT2D eigenvalue weighted by atomic mass is 10.1. The van der Waals surface area contributed by atoms with Crippen LogP contribution in [0.3, 0.4) is 0 Å².